The molecule has 22 heavy (non-hydrogen) atoms. The molecule has 0 saturated carbocycles. The number of carbonyl (C=O) groups is 1. The van der Waals surface area contributed by atoms with Gasteiger partial charge in [0.2, 0.25) is 0 Å². The molecule has 3 rings (SSSR count). The van der Waals surface area contributed by atoms with Gasteiger partial charge in [-0.15, -0.1) is 0 Å². The Hall–Kier alpha value is -2.88. The number of hydrogen-bond acceptors (Lipinski definition) is 3. The first-order chi connectivity index (χ1) is 10.8. The molecule has 2 N–H and O–H groups in total. The van der Waals surface area contributed by atoms with E-state index in [-0.39, 0.29) is 0 Å². The van der Waals surface area contributed by atoms with Crippen molar-refractivity contribution in [2.45, 2.75) is 12.8 Å². The molecule has 0 aliphatic carbocycles. The summed E-state index contributed by atoms with van der Waals surface area (Å²) in [6.07, 6.45) is 1.35. The summed E-state index contributed by atoms with van der Waals surface area (Å²) < 4.78 is 5.38. The van der Waals surface area contributed by atoms with Crippen LogP contribution >= 0.6 is 0 Å². The highest BCUT2D eigenvalue weighted by Gasteiger charge is 2.21. The van der Waals surface area contributed by atoms with E-state index in [1.807, 2.05) is 60.7 Å². The van der Waals surface area contributed by atoms with Crippen LogP contribution in [0.15, 0.2) is 65.2 Å². The summed E-state index contributed by atoms with van der Waals surface area (Å²) in [5, 5.41) is 4.04. The predicted molar refractivity (Wildman–Crippen MR) is 84.3 cm³/mol. The topological polar surface area (TPSA) is 69.1 Å². The van der Waals surface area contributed by atoms with Crippen LogP contribution in [0.4, 0.5) is 0 Å². The van der Waals surface area contributed by atoms with Gasteiger partial charge in [-0.3, -0.25) is 4.79 Å². The zero-order chi connectivity index (χ0) is 15.4. The first kappa shape index (κ1) is 14.1. The lowest BCUT2D eigenvalue weighted by atomic mass is 10.0. The molecule has 0 aliphatic rings. The van der Waals surface area contributed by atoms with E-state index in [2.05, 4.69) is 5.16 Å². The molecule has 0 aliphatic heterocycles. The van der Waals surface area contributed by atoms with Crippen molar-refractivity contribution >= 4 is 5.91 Å². The van der Waals surface area contributed by atoms with Gasteiger partial charge in [-0.25, -0.2) is 0 Å². The Morgan fingerprint density at radius 1 is 0.955 bits per heavy atom. The number of carbonyl (C=O) groups excluding carboxylic acids is 1. The Bertz CT molecular complexity index is 764. The molecular formula is C18H16N2O2. The van der Waals surface area contributed by atoms with E-state index in [0.717, 1.165) is 12.0 Å². The lowest BCUT2D eigenvalue weighted by molar-refractivity contribution is 0.0999. The molecule has 0 atom stereocenters. The van der Waals surface area contributed by atoms with Crippen LogP contribution in [0, 0.1) is 0 Å². The fourth-order valence-electron chi connectivity index (χ4n) is 2.44. The Morgan fingerprint density at radius 3 is 2.23 bits per heavy atom. The smallest absolute Gasteiger partial charge is 0.254 e. The minimum Gasteiger partial charge on any atom is -0.365 e. The van der Waals surface area contributed by atoms with Crippen LogP contribution in [0.2, 0.25) is 0 Å². The molecule has 2 aromatic carbocycles. The Morgan fingerprint density at radius 2 is 1.59 bits per heavy atom. The Kier molecular flexibility index (Phi) is 4.01. The molecule has 0 fully saturated rings. The van der Waals surface area contributed by atoms with Crippen LogP contribution in [-0.4, -0.2) is 11.1 Å². The van der Waals surface area contributed by atoms with Gasteiger partial charge in [0.05, 0.1) is 0 Å². The minimum absolute atomic E-state index is 0.377. The first-order valence-corrected chi connectivity index (χ1v) is 7.13. The van der Waals surface area contributed by atoms with E-state index in [4.69, 9.17) is 10.3 Å². The lowest BCUT2D eigenvalue weighted by Crippen LogP contribution is -2.14. The van der Waals surface area contributed by atoms with Gasteiger partial charge in [0.25, 0.3) is 5.91 Å². The summed E-state index contributed by atoms with van der Waals surface area (Å²) in [6.45, 7) is 0. The number of aryl methyl sites for hydroxylation is 2. The van der Waals surface area contributed by atoms with Gasteiger partial charge in [-0.05, 0) is 12.0 Å². The van der Waals surface area contributed by atoms with Crippen LogP contribution in [-0.2, 0) is 12.8 Å². The number of rotatable bonds is 5. The monoisotopic (exact) mass is 292 g/mol. The van der Waals surface area contributed by atoms with Gasteiger partial charge < -0.3 is 10.3 Å². The van der Waals surface area contributed by atoms with Crippen LogP contribution < -0.4 is 5.73 Å². The summed E-state index contributed by atoms with van der Waals surface area (Å²) in [7, 11) is 0. The average molecular weight is 292 g/mol. The molecule has 0 bridgehead atoms. The molecule has 1 heterocycles. The van der Waals surface area contributed by atoms with Gasteiger partial charge in [-0.2, -0.15) is 0 Å². The van der Waals surface area contributed by atoms with E-state index < -0.39 is 5.91 Å². The second kappa shape index (κ2) is 6.26. The van der Waals surface area contributed by atoms with Crippen molar-refractivity contribution in [2.75, 3.05) is 0 Å². The number of nitrogens with two attached hydrogens (primary N) is 1. The number of nitrogens with zero attached hydrogens (tertiary/aromatic N) is 1. The van der Waals surface area contributed by atoms with Gasteiger partial charge in [-0.1, -0.05) is 65.8 Å². The molecule has 0 unspecified atom stereocenters. The molecule has 1 amide bonds. The number of amides is 1. The zero-order valence-corrected chi connectivity index (χ0v) is 12.0. The van der Waals surface area contributed by atoms with E-state index in [9.17, 15) is 4.79 Å². The SMILES string of the molecule is NC(=O)c1c(-c2ccccc2)noc1CCc1ccccc1. The van der Waals surface area contributed by atoms with Crippen molar-refractivity contribution in [3.63, 3.8) is 0 Å². The highest BCUT2D eigenvalue weighted by Crippen LogP contribution is 2.26. The molecule has 4 nitrogen and oxygen atoms in total. The molecular weight excluding hydrogens is 276 g/mol. The molecule has 4 heteroatoms. The normalized spacial score (nSPS) is 10.5. The van der Waals surface area contributed by atoms with Crippen molar-refractivity contribution in [1.29, 1.82) is 0 Å². The van der Waals surface area contributed by atoms with Crippen LogP contribution in [0.25, 0.3) is 11.3 Å². The summed E-state index contributed by atoms with van der Waals surface area (Å²) in [5.41, 5.74) is 8.42. The summed E-state index contributed by atoms with van der Waals surface area (Å²) in [5.74, 6) is 0.0263. The third kappa shape index (κ3) is 2.91. The largest absolute Gasteiger partial charge is 0.365 e. The fraction of sp³-hybridized carbons (Fsp3) is 0.111. The summed E-state index contributed by atoms with van der Waals surface area (Å²) in [6, 6.07) is 19.5. The molecule has 0 spiro atoms. The van der Waals surface area contributed by atoms with Crippen LogP contribution in [0.3, 0.4) is 0 Å². The number of aromatic nitrogens is 1. The van der Waals surface area contributed by atoms with Crippen LogP contribution in [0.1, 0.15) is 21.7 Å². The fourth-order valence-corrected chi connectivity index (χ4v) is 2.44. The lowest BCUT2D eigenvalue weighted by Gasteiger charge is -2.01. The van der Waals surface area contributed by atoms with Crippen molar-refractivity contribution in [3.05, 3.63) is 77.6 Å². The Balaban J connectivity index is 1.89. The average Bonchev–Trinajstić information content (AvgIpc) is 2.99. The van der Waals surface area contributed by atoms with E-state index in [0.29, 0.717) is 23.4 Å². The van der Waals surface area contributed by atoms with Gasteiger partial charge in [0.15, 0.2) is 0 Å². The van der Waals surface area contributed by atoms with E-state index >= 15 is 0 Å². The molecule has 1 aromatic heterocycles. The standard InChI is InChI=1S/C18H16N2O2/c19-18(21)16-15(12-11-13-7-3-1-4-8-13)22-20-17(16)14-9-5-2-6-10-14/h1-10H,11-12H2,(H2,19,21). The maximum absolute atomic E-state index is 11.8. The third-order valence-corrected chi connectivity index (χ3v) is 3.54. The molecule has 3 aromatic rings. The van der Waals surface area contributed by atoms with Crippen molar-refractivity contribution in [3.8, 4) is 11.3 Å². The van der Waals surface area contributed by atoms with Gasteiger partial charge in [0, 0.05) is 12.0 Å². The number of hydrogen-bond donors (Lipinski definition) is 1. The number of benzene rings is 2. The zero-order valence-electron chi connectivity index (χ0n) is 12.0. The van der Waals surface area contributed by atoms with Crippen molar-refractivity contribution in [1.82, 2.24) is 5.16 Å². The van der Waals surface area contributed by atoms with Crippen molar-refractivity contribution < 1.29 is 9.32 Å². The first-order valence-electron chi connectivity index (χ1n) is 7.13. The minimum atomic E-state index is -0.511. The second-order valence-electron chi connectivity index (χ2n) is 5.05. The highest BCUT2D eigenvalue weighted by molar-refractivity contribution is 5.99. The maximum atomic E-state index is 11.8. The quantitative estimate of drug-likeness (QED) is 0.785. The maximum Gasteiger partial charge on any atom is 0.254 e. The molecule has 110 valence electrons. The van der Waals surface area contributed by atoms with Crippen molar-refractivity contribution in [2.24, 2.45) is 5.73 Å². The number of primary amides is 1. The Labute approximate surface area is 128 Å². The molecule has 0 radical (unpaired) electrons. The van der Waals surface area contributed by atoms with E-state index in [1.54, 1.807) is 0 Å². The molecule has 0 saturated heterocycles. The van der Waals surface area contributed by atoms with Gasteiger partial charge >= 0.3 is 0 Å². The summed E-state index contributed by atoms with van der Waals surface area (Å²) >= 11 is 0. The highest BCUT2D eigenvalue weighted by atomic mass is 16.5. The predicted octanol–water partition coefficient (Wildman–Crippen LogP) is 3.23. The third-order valence-electron chi connectivity index (χ3n) is 3.54. The van der Waals surface area contributed by atoms with Gasteiger partial charge in [0.1, 0.15) is 17.0 Å². The summed E-state index contributed by atoms with van der Waals surface area (Å²) in [4.78, 5) is 11.8. The second-order valence-corrected chi connectivity index (χ2v) is 5.05. The van der Waals surface area contributed by atoms with E-state index in [1.165, 1.54) is 5.56 Å². The van der Waals surface area contributed by atoms with Crippen LogP contribution in [0.5, 0.6) is 0 Å².